The van der Waals surface area contributed by atoms with E-state index in [1.165, 1.54) is 0 Å². The molecule has 3 aromatic heterocycles. The average Bonchev–Trinajstić information content (AvgIpc) is 3.50. The lowest BCUT2D eigenvalue weighted by molar-refractivity contribution is 1.27. The number of hydrogen-bond donors (Lipinski definition) is 0. The minimum absolute atomic E-state index is 0.297. The second-order valence-electron chi connectivity index (χ2n) is 18.7. The van der Waals surface area contributed by atoms with Crippen LogP contribution < -0.4 is 0 Å². The zero-order valence-corrected chi connectivity index (χ0v) is 40.8. The number of aryl methyl sites for hydroxylation is 2. The molecule has 0 saturated heterocycles. The predicted octanol–water partition coefficient (Wildman–Crippen LogP) is 18.8. The monoisotopic (exact) mass is 948 g/mol. The van der Waals surface area contributed by atoms with Gasteiger partial charge < -0.3 is 0 Å². The van der Waals surface area contributed by atoms with Crippen LogP contribution in [0.4, 0.5) is 0 Å². The molecule has 0 bridgehead atoms. The van der Waals surface area contributed by atoms with E-state index in [2.05, 4.69) is 199 Å². The Morgan fingerprint density at radius 2 is 0.662 bits per heavy atom. The van der Waals surface area contributed by atoms with Gasteiger partial charge in [0, 0.05) is 45.0 Å². The molecule has 0 aliphatic carbocycles. The first-order chi connectivity index (χ1) is 37.7. The van der Waals surface area contributed by atoms with Crippen LogP contribution in [-0.2, 0) is 0 Å². The largest absolute Gasteiger partial charge is 0.256 e. The molecule has 350 valence electrons. The summed E-state index contributed by atoms with van der Waals surface area (Å²) >= 11 is 0. The second kappa shape index (κ2) is 20.3. The summed E-state index contributed by atoms with van der Waals surface area (Å²) in [6.45, 7) is -0.335. The molecule has 0 N–H and O–H groups in total. The van der Waals surface area contributed by atoms with E-state index in [1.54, 1.807) is 12.3 Å². The summed E-state index contributed by atoms with van der Waals surface area (Å²) in [6.07, 6.45) is 5.68. The van der Waals surface area contributed by atoms with Crippen molar-refractivity contribution in [3.05, 3.63) is 285 Å². The lowest BCUT2D eigenvalue weighted by Crippen LogP contribution is -1.90. The molecule has 12 aromatic rings. The Balaban J connectivity index is 0.816. The van der Waals surface area contributed by atoms with Gasteiger partial charge in [-0.25, -0.2) is 0 Å². The van der Waals surface area contributed by atoms with Crippen LogP contribution >= 0.6 is 0 Å². The second-order valence-corrected chi connectivity index (χ2v) is 18.7. The van der Waals surface area contributed by atoms with E-state index in [9.17, 15) is 0 Å². The van der Waals surface area contributed by atoms with E-state index in [1.807, 2.05) is 73.9 Å². The van der Waals surface area contributed by atoms with Crippen molar-refractivity contribution < 1.29 is 4.11 Å². The Morgan fingerprint density at radius 3 is 1.19 bits per heavy atom. The van der Waals surface area contributed by atoms with Gasteiger partial charge in [0.25, 0.3) is 0 Å². The van der Waals surface area contributed by atoms with Crippen molar-refractivity contribution in [2.75, 3.05) is 0 Å². The molecular formula is C71H51N3. The third kappa shape index (κ3) is 9.51. The van der Waals surface area contributed by atoms with Gasteiger partial charge in [0.1, 0.15) is 0 Å². The van der Waals surface area contributed by atoms with Crippen LogP contribution in [0.3, 0.4) is 0 Å². The summed E-state index contributed by atoms with van der Waals surface area (Å²) in [6, 6.07) is 88.4. The minimum Gasteiger partial charge on any atom is -0.256 e. The maximum absolute atomic E-state index is 8.51. The maximum atomic E-state index is 8.51. The van der Waals surface area contributed by atoms with E-state index >= 15 is 0 Å². The van der Waals surface area contributed by atoms with Crippen molar-refractivity contribution in [3.63, 3.8) is 0 Å². The van der Waals surface area contributed by atoms with E-state index < -0.39 is 6.85 Å². The molecule has 0 unspecified atom stereocenters. The van der Waals surface area contributed by atoms with Gasteiger partial charge >= 0.3 is 0 Å². The third-order valence-corrected chi connectivity index (χ3v) is 13.8. The molecule has 0 spiro atoms. The highest BCUT2D eigenvalue weighted by Crippen LogP contribution is 2.40. The zero-order chi connectivity index (χ0) is 52.3. The summed E-state index contributed by atoms with van der Waals surface area (Å²) in [7, 11) is 0. The van der Waals surface area contributed by atoms with E-state index in [4.69, 9.17) is 14.1 Å². The van der Waals surface area contributed by atoms with Crippen molar-refractivity contribution in [2.45, 2.75) is 13.8 Å². The average molecular weight is 949 g/mol. The van der Waals surface area contributed by atoms with Crippen LogP contribution in [0.2, 0.25) is 0 Å². The van der Waals surface area contributed by atoms with Crippen molar-refractivity contribution in [3.8, 4) is 123 Å². The number of nitrogens with zero attached hydrogens (tertiary/aromatic N) is 3. The van der Waals surface area contributed by atoms with Gasteiger partial charge in [0.05, 0.1) is 17.1 Å². The normalized spacial score (nSPS) is 11.9. The molecular weight excluding hydrogens is 895 g/mol. The van der Waals surface area contributed by atoms with Crippen molar-refractivity contribution in [1.29, 1.82) is 0 Å². The standard InChI is InChI=1S/C71H51N3/c1-48-31-35-70(73-46-48)62-32-34-64(49(2)39-62)56-22-11-18-52(41-56)54-20-13-23-57(43-54)65-27-6-7-29-67(65)59-25-14-26-61(44-59)71-45-60(37-38-72-71)68-30-9-8-28-66(68)58-24-12-19-53(42-58)51-17-10-21-55(40-51)63-33-36-69(74-47-63)50-15-4-3-5-16-50/h3-47H,1-2H3/i2D3. The summed E-state index contributed by atoms with van der Waals surface area (Å²) in [5.41, 5.74) is 23.7. The number of benzene rings is 9. The van der Waals surface area contributed by atoms with Crippen LogP contribution in [0.25, 0.3) is 123 Å². The third-order valence-electron chi connectivity index (χ3n) is 13.8. The molecule has 0 saturated carbocycles. The number of hydrogen-bond acceptors (Lipinski definition) is 3. The van der Waals surface area contributed by atoms with Gasteiger partial charge in [-0.2, -0.15) is 0 Å². The van der Waals surface area contributed by atoms with Gasteiger partial charge in [-0.05, 0) is 169 Å². The first-order valence-electron chi connectivity index (χ1n) is 26.5. The molecule has 12 rings (SSSR count). The Labute approximate surface area is 438 Å². The number of pyridine rings is 3. The van der Waals surface area contributed by atoms with Gasteiger partial charge in [-0.15, -0.1) is 0 Å². The number of aromatic nitrogens is 3. The lowest BCUT2D eigenvalue weighted by Gasteiger charge is -2.14. The highest BCUT2D eigenvalue weighted by Gasteiger charge is 2.15. The van der Waals surface area contributed by atoms with E-state index in [-0.39, 0.29) is 0 Å². The Morgan fingerprint density at radius 1 is 0.257 bits per heavy atom. The molecule has 0 aliphatic heterocycles. The fourth-order valence-corrected chi connectivity index (χ4v) is 9.99. The Kier molecular flexibility index (Phi) is 11.5. The minimum atomic E-state index is -2.32. The summed E-state index contributed by atoms with van der Waals surface area (Å²) < 4.78 is 25.5. The SMILES string of the molecule is [2H]C([2H])([2H])c1cc(-c2ccc(C)cn2)ccc1-c1cccc(-c2cccc(-c3ccccc3-c3cccc(-c4cc(-c5ccccc5-c5cccc(-c6cccc(-c7ccc(-c8ccccc8)nc7)c6)c5)ccn4)c3)c2)c1. The molecule has 9 aromatic carbocycles. The summed E-state index contributed by atoms with van der Waals surface area (Å²) in [5.74, 6) is 0. The molecule has 3 heteroatoms. The van der Waals surface area contributed by atoms with Gasteiger partial charge in [0.2, 0.25) is 0 Å². The first-order valence-corrected chi connectivity index (χ1v) is 25.0. The van der Waals surface area contributed by atoms with Crippen LogP contribution in [0, 0.1) is 13.8 Å². The van der Waals surface area contributed by atoms with Crippen LogP contribution in [0.5, 0.6) is 0 Å². The molecule has 0 radical (unpaired) electrons. The van der Waals surface area contributed by atoms with Crippen LogP contribution in [0.15, 0.2) is 273 Å². The Hall–Kier alpha value is -9.57. The first kappa shape index (κ1) is 42.1. The molecule has 74 heavy (non-hydrogen) atoms. The molecule has 0 amide bonds. The summed E-state index contributed by atoms with van der Waals surface area (Å²) in [5, 5.41) is 0. The molecule has 3 nitrogen and oxygen atoms in total. The quantitative estimate of drug-likeness (QED) is 0.130. The fourth-order valence-electron chi connectivity index (χ4n) is 9.99. The van der Waals surface area contributed by atoms with Crippen LogP contribution in [-0.4, -0.2) is 15.0 Å². The smallest absolute Gasteiger partial charge is 0.0708 e. The zero-order valence-electron chi connectivity index (χ0n) is 43.8. The van der Waals surface area contributed by atoms with E-state index in [0.29, 0.717) is 11.1 Å². The molecule has 0 aliphatic rings. The fraction of sp³-hybridized carbons (Fsp3) is 0.0282. The maximum Gasteiger partial charge on any atom is 0.0708 e. The molecule has 0 fully saturated rings. The Bertz CT molecular complexity index is 4090. The number of rotatable bonds is 11. The van der Waals surface area contributed by atoms with Gasteiger partial charge in [-0.1, -0.05) is 194 Å². The van der Waals surface area contributed by atoms with Crippen molar-refractivity contribution in [2.24, 2.45) is 0 Å². The van der Waals surface area contributed by atoms with Crippen LogP contribution in [0.1, 0.15) is 15.2 Å². The topological polar surface area (TPSA) is 38.7 Å². The van der Waals surface area contributed by atoms with Gasteiger partial charge in [-0.3, -0.25) is 15.0 Å². The predicted molar refractivity (Wildman–Crippen MR) is 309 cm³/mol. The van der Waals surface area contributed by atoms with E-state index in [0.717, 1.165) is 123 Å². The summed E-state index contributed by atoms with van der Waals surface area (Å²) in [4.78, 5) is 14.3. The van der Waals surface area contributed by atoms with Crippen molar-refractivity contribution >= 4 is 0 Å². The van der Waals surface area contributed by atoms with Gasteiger partial charge in [0.15, 0.2) is 0 Å². The highest BCUT2D eigenvalue weighted by atomic mass is 14.7. The van der Waals surface area contributed by atoms with Crippen molar-refractivity contribution in [1.82, 2.24) is 15.0 Å². The highest BCUT2D eigenvalue weighted by molar-refractivity contribution is 5.90. The molecule has 3 heterocycles. The molecule has 0 atom stereocenters. The lowest BCUT2D eigenvalue weighted by atomic mass is 9.90.